The number of ether oxygens (including phenoxy) is 4. The highest BCUT2D eigenvalue weighted by Crippen LogP contribution is 2.33. The Morgan fingerprint density at radius 1 is 0.731 bits per heavy atom. The summed E-state index contributed by atoms with van der Waals surface area (Å²) in [5, 5.41) is 0. The second kappa shape index (κ2) is 7.92. The fourth-order valence-electron chi connectivity index (χ4n) is 4.14. The molecule has 2 saturated heterocycles. The lowest BCUT2D eigenvalue weighted by molar-refractivity contribution is -0.160. The predicted molar refractivity (Wildman–Crippen MR) is 92.2 cm³/mol. The van der Waals surface area contributed by atoms with Gasteiger partial charge in [-0.2, -0.15) is 0 Å². The summed E-state index contributed by atoms with van der Waals surface area (Å²) in [7, 11) is 0. The minimum Gasteiger partial charge on any atom is -0.457 e. The molecule has 0 bridgehead atoms. The molecule has 0 radical (unpaired) electrons. The van der Waals surface area contributed by atoms with Gasteiger partial charge in [-0.15, -0.1) is 0 Å². The maximum atomic E-state index is 12.3. The predicted octanol–water partition coefficient (Wildman–Crippen LogP) is 2.32. The van der Waals surface area contributed by atoms with Gasteiger partial charge in [0.2, 0.25) is 0 Å². The summed E-state index contributed by atoms with van der Waals surface area (Å²) in [6.45, 7) is 0.591. The molecule has 26 heavy (non-hydrogen) atoms. The summed E-state index contributed by atoms with van der Waals surface area (Å²) in [5.41, 5.74) is 0. The van der Waals surface area contributed by atoms with Gasteiger partial charge in [-0.3, -0.25) is 9.59 Å². The first-order chi connectivity index (χ1) is 12.7. The van der Waals surface area contributed by atoms with Crippen LogP contribution in [0.25, 0.3) is 0 Å². The zero-order valence-corrected chi connectivity index (χ0v) is 14.9. The third kappa shape index (κ3) is 3.71. The standard InChI is InChI=1S/C20H26O6/c21-19(13-7-3-1-4-8-13)25-15-11-23-18-16(12-24-17(15)18)26-20(22)14-9-5-2-6-10-14/h1-3,5,13-18H,4,6-12H2/t13-,14-,15-,16-,17-,18+/m1/s1. The average molecular weight is 362 g/mol. The smallest absolute Gasteiger partial charge is 0.309 e. The van der Waals surface area contributed by atoms with Crippen LogP contribution < -0.4 is 0 Å². The van der Waals surface area contributed by atoms with E-state index in [9.17, 15) is 9.59 Å². The molecule has 0 N–H and O–H groups in total. The van der Waals surface area contributed by atoms with Gasteiger partial charge in [0.05, 0.1) is 25.0 Å². The normalized spacial score (nSPS) is 38.8. The molecule has 142 valence electrons. The molecule has 0 aromatic rings. The van der Waals surface area contributed by atoms with Gasteiger partial charge >= 0.3 is 11.9 Å². The molecule has 0 spiro atoms. The van der Waals surface area contributed by atoms with Gasteiger partial charge in [0.15, 0.2) is 12.2 Å². The van der Waals surface area contributed by atoms with Crippen molar-refractivity contribution in [2.45, 2.75) is 62.9 Å². The SMILES string of the molecule is O=C(O[C@@H]1CO[C@H]2[C@H]1OC[C@H]2OC(=O)[C@@H]1CC=CCC1)[C@@H]1CC=CCC1. The molecule has 2 heterocycles. The fourth-order valence-corrected chi connectivity index (χ4v) is 4.14. The lowest BCUT2D eigenvalue weighted by Gasteiger charge is -2.22. The van der Waals surface area contributed by atoms with Crippen molar-refractivity contribution in [2.24, 2.45) is 11.8 Å². The van der Waals surface area contributed by atoms with E-state index in [0.29, 0.717) is 13.2 Å². The lowest BCUT2D eigenvalue weighted by Crippen LogP contribution is -2.37. The summed E-state index contributed by atoms with van der Waals surface area (Å²) >= 11 is 0. The first-order valence-corrected chi connectivity index (χ1v) is 9.66. The average Bonchev–Trinajstić information content (AvgIpc) is 3.27. The van der Waals surface area contributed by atoms with Crippen molar-refractivity contribution in [3.8, 4) is 0 Å². The van der Waals surface area contributed by atoms with Gasteiger partial charge in [0.1, 0.15) is 12.2 Å². The molecule has 6 nitrogen and oxygen atoms in total. The molecule has 0 unspecified atom stereocenters. The Labute approximate surface area is 153 Å². The maximum Gasteiger partial charge on any atom is 0.309 e. The Morgan fingerprint density at radius 2 is 1.19 bits per heavy atom. The van der Waals surface area contributed by atoms with Crippen LogP contribution in [0.2, 0.25) is 0 Å². The Hall–Kier alpha value is -1.66. The zero-order valence-electron chi connectivity index (χ0n) is 14.9. The quantitative estimate of drug-likeness (QED) is 0.565. The molecule has 4 rings (SSSR count). The molecule has 6 heteroatoms. The van der Waals surface area contributed by atoms with Crippen LogP contribution >= 0.6 is 0 Å². The summed E-state index contributed by atoms with van der Waals surface area (Å²) < 4.78 is 22.9. The fraction of sp³-hybridized carbons (Fsp3) is 0.700. The summed E-state index contributed by atoms with van der Waals surface area (Å²) in [5.74, 6) is -0.509. The van der Waals surface area contributed by atoms with Gasteiger partial charge in [-0.05, 0) is 38.5 Å². The molecule has 6 atom stereocenters. The van der Waals surface area contributed by atoms with Crippen LogP contribution in [0, 0.1) is 11.8 Å². The molecule has 0 saturated carbocycles. The Morgan fingerprint density at radius 3 is 1.58 bits per heavy atom. The van der Waals surface area contributed by atoms with Crippen molar-refractivity contribution in [2.75, 3.05) is 13.2 Å². The number of carbonyl (C=O) groups excluding carboxylic acids is 2. The Kier molecular flexibility index (Phi) is 5.41. The largest absolute Gasteiger partial charge is 0.457 e. The van der Waals surface area contributed by atoms with E-state index in [-0.39, 0.29) is 36.0 Å². The van der Waals surface area contributed by atoms with Crippen LogP contribution in [0.15, 0.2) is 24.3 Å². The number of rotatable bonds is 4. The first-order valence-electron chi connectivity index (χ1n) is 9.66. The molecular weight excluding hydrogens is 336 g/mol. The highest BCUT2D eigenvalue weighted by atomic mass is 16.7. The summed E-state index contributed by atoms with van der Waals surface area (Å²) in [4.78, 5) is 24.7. The topological polar surface area (TPSA) is 71.1 Å². The molecule has 2 fully saturated rings. The minimum atomic E-state index is -0.417. The van der Waals surface area contributed by atoms with Gasteiger partial charge in [0, 0.05) is 0 Å². The van der Waals surface area contributed by atoms with Crippen molar-refractivity contribution in [3.63, 3.8) is 0 Å². The molecule has 4 aliphatic rings. The van der Waals surface area contributed by atoms with E-state index in [1.54, 1.807) is 0 Å². The second-order valence-electron chi connectivity index (χ2n) is 7.51. The number of esters is 2. The van der Waals surface area contributed by atoms with Gasteiger partial charge in [-0.1, -0.05) is 24.3 Å². The number of carbonyl (C=O) groups is 2. The van der Waals surface area contributed by atoms with E-state index >= 15 is 0 Å². The molecule has 0 aromatic carbocycles. The molecule has 0 aromatic heterocycles. The highest BCUT2D eigenvalue weighted by molar-refractivity contribution is 5.73. The summed E-state index contributed by atoms with van der Waals surface area (Å²) in [6, 6.07) is 0. The third-order valence-electron chi connectivity index (χ3n) is 5.70. The van der Waals surface area contributed by atoms with Gasteiger partial charge in [-0.25, -0.2) is 0 Å². The van der Waals surface area contributed by atoms with E-state index < -0.39 is 12.2 Å². The highest BCUT2D eigenvalue weighted by Gasteiger charge is 2.51. The van der Waals surface area contributed by atoms with Crippen LogP contribution in [0.1, 0.15) is 38.5 Å². The van der Waals surface area contributed by atoms with Crippen LogP contribution in [-0.4, -0.2) is 49.6 Å². The third-order valence-corrected chi connectivity index (χ3v) is 5.70. The van der Waals surface area contributed by atoms with Crippen molar-refractivity contribution in [3.05, 3.63) is 24.3 Å². The first kappa shape index (κ1) is 17.7. The van der Waals surface area contributed by atoms with Crippen LogP contribution in [-0.2, 0) is 28.5 Å². The van der Waals surface area contributed by atoms with E-state index in [1.165, 1.54) is 0 Å². The molecular formula is C20H26O6. The van der Waals surface area contributed by atoms with Crippen molar-refractivity contribution < 1.29 is 28.5 Å². The van der Waals surface area contributed by atoms with Crippen LogP contribution in [0.3, 0.4) is 0 Å². The van der Waals surface area contributed by atoms with Crippen molar-refractivity contribution in [1.29, 1.82) is 0 Å². The second-order valence-corrected chi connectivity index (χ2v) is 7.51. The lowest BCUT2D eigenvalue weighted by atomic mass is 9.94. The maximum absolute atomic E-state index is 12.3. The number of hydrogen-bond donors (Lipinski definition) is 0. The van der Waals surface area contributed by atoms with Gasteiger partial charge < -0.3 is 18.9 Å². The summed E-state index contributed by atoms with van der Waals surface area (Å²) in [6.07, 6.45) is 11.7. The van der Waals surface area contributed by atoms with Gasteiger partial charge in [0.25, 0.3) is 0 Å². The van der Waals surface area contributed by atoms with E-state index in [0.717, 1.165) is 38.5 Å². The van der Waals surface area contributed by atoms with E-state index in [1.807, 2.05) is 12.2 Å². The minimum absolute atomic E-state index is 0.0755. The van der Waals surface area contributed by atoms with E-state index in [2.05, 4.69) is 12.2 Å². The molecule has 2 aliphatic heterocycles. The number of fused-ring (bicyclic) bond motifs is 1. The monoisotopic (exact) mass is 362 g/mol. The van der Waals surface area contributed by atoms with Crippen molar-refractivity contribution in [1.82, 2.24) is 0 Å². The van der Waals surface area contributed by atoms with Crippen LogP contribution in [0.5, 0.6) is 0 Å². The van der Waals surface area contributed by atoms with Crippen molar-refractivity contribution >= 4 is 11.9 Å². The van der Waals surface area contributed by atoms with E-state index in [4.69, 9.17) is 18.9 Å². The Balaban J connectivity index is 1.29. The van der Waals surface area contributed by atoms with Crippen LogP contribution in [0.4, 0.5) is 0 Å². The molecule has 2 aliphatic carbocycles. The molecule has 0 amide bonds. The number of hydrogen-bond acceptors (Lipinski definition) is 6. The number of allylic oxidation sites excluding steroid dienone is 4. The Bertz CT molecular complexity index is 545. The zero-order chi connectivity index (χ0) is 17.9.